The Morgan fingerprint density at radius 1 is 1.08 bits per heavy atom. The second-order valence-electron chi connectivity index (χ2n) is 5.99. The predicted octanol–water partition coefficient (Wildman–Crippen LogP) is 3.72. The van der Waals surface area contributed by atoms with Gasteiger partial charge in [-0.3, -0.25) is 20.4 Å². The van der Waals surface area contributed by atoms with Crippen LogP contribution in [0.15, 0.2) is 46.9 Å². The summed E-state index contributed by atoms with van der Waals surface area (Å²) in [5.41, 5.74) is 7.27. The molecule has 2 N–H and O–H groups in total. The van der Waals surface area contributed by atoms with Crippen LogP contribution in [0.3, 0.4) is 0 Å². The Labute approximate surface area is 155 Å². The molecule has 0 aliphatic heterocycles. The molecule has 0 spiro atoms. The first-order chi connectivity index (χ1) is 11.9. The number of hydrogen-bond acceptors (Lipinski definition) is 3. The van der Waals surface area contributed by atoms with Gasteiger partial charge in [0.05, 0.1) is 0 Å². The van der Waals surface area contributed by atoms with Crippen molar-refractivity contribution in [1.82, 2.24) is 10.9 Å². The van der Waals surface area contributed by atoms with Gasteiger partial charge in [-0.05, 0) is 48.7 Å². The van der Waals surface area contributed by atoms with Gasteiger partial charge >= 0.3 is 0 Å². The lowest BCUT2D eigenvalue weighted by Crippen LogP contribution is -2.43. The fourth-order valence-corrected chi connectivity index (χ4v) is 2.56. The monoisotopic (exact) mass is 404 g/mol. The zero-order valence-electron chi connectivity index (χ0n) is 14.4. The molecule has 132 valence electrons. The molecule has 2 rings (SSSR count). The molecule has 0 aromatic heterocycles. The van der Waals surface area contributed by atoms with E-state index in [0.29, 0.717) is 11.3 Å². The number of aryl methyl sites for hydroxylation is 1. The van der Waals surface area contributed by atoms with Crippen molar-refractivity contribution in [2.45, 2.75) is 26.7 Å². The molecule has 0 unspecified atom stereocenters. The molecule has 2 aromatic carbocycles. The van der Waals surface area contributed by atoms with Crippen LogP contribution < -0.4 is 15.6 Å². The van der Waals surface area contributed by atoms with E-state index >= 15 is 0 Å². The van der Waals surface area contributed by atoms with Crippen LogP contribution in [0.1, 0.15) is 41.3 Å². The quantitative estimate of drug-likeness (QED) is 0.746. The topological polar surface area (TPSA) is 67.4 Å². The van der Waals surface area contributed by atoms with E-state index in [0.717, 1.165) is 15.6 Å². The minimum Gasteiger partial charge on any atom is -0.483 e. The maximum atomic E-state index is 11.9. The maximum absolute atomic E-state index is 11.9. The van der Waals surface area contributed by atoms with E-state index in [2.05, 4.69) is 40.6 Å². The zero-order valence-corrected chi connectivity index (χ0v) is 16.0. The van der Waals surface area contributed by atoms with Gasteiger partial charge in [0, 0.05) is 10.0 Å². The van der Waals surface area contributed by atoms with Crippen LogP contribution in [-0.4, -0.2) is 18.4 Å². The highest BCUT2D eigenvalue weighted by atomic mass is 79.9. The van der Waals surface area contributed by atoms with Crippen molar-refractivity contribution in [3.63, 3.8) is 0 Å². The van der Waals surface area contributed by atoms with E-state index in [1.54, 1.807) is 12.1 Å². The lowest BCUT2D eigenvalue weighted by Gasteiger charge is -2.14. The van der Waals surface area contributed by atoms with Gasteiger partial charge in [-0.2, -0.15) is 0 Å². The Morgan fingerprint density at radius 2 is 1.76 bits per heavy atom. The van der Waals surface area contributed by atoms with Gasteiger partial charge in [-0.25, -0.2) is 0 Å². The van der Waals surface area contributed by atoms with Crippen LogP contribution in [0.5, 0.6) is 5.75 Å². The molecule has 2 aromatic rings. The highest BCUT2D eigenvalue weighted by Gasteiger charge is 2.11. The van der Waals surface area contributed by atoms with E-state index in [4.69, 9.17) is 4.74 Å². The first-order valence-electron chi connectivity index (χ1n) is 7.95. The highest BCUT2D eigenvalue weighted by molar-refractivity contribution is 9.10. The van der Waals surface area contributed by atoms with E-state index in [-0.39, 0.29) is 18.4 Å². The number of amides is 2. The van der Waals surface area contributed by atoms with Crippen LogP contribution in [0.4, 0.5) is 0 Å². The summed E-state index contributed by atoms with van der Waals surface area (Å²) < 4.78 is 6.54. The fraction of sp³-hybridized carbons (Fsp3) is 0.263. The summed E-state index contributed by atoms with van der Waals surface area (Å²) in [6.07, 6.45) is 0. The first kappa shape index (κ1) is 19.0. The molecule has 0 atom stereocenters. The first-order valence-corrected chi connectivity index (χ1v) is 8.74. The molecule has 6 heteroatoms. The van der Waals surface area contributed by atoms with Crippen molar-refractivity contribution >= 4 is 27.7 Å². The molecule has 0 radical (unpaired) electrons. The molecule has 0 saturated carbocycles. The fourth-order valence-electron chi connectivity index (χ4n) is 2.18. The largest absolute Gasteiger partial charge is 0.483 e. The standard InChI is InChI=1S/C19H21BrN2O3/c1-12(2)16-10-15(20)8-9-17(16)25-11-18(23)21-22-19(24)14-6-4-13(3)5-7-14/h4-10,12H,11H2,1-3H3,(H,21,23)(H,22,24). The number of ether oxygens (including phenoxy) is 1. The molecular formula is C19H21BrN2O3. The van der Waals surface area contributed by atoms with Crippen LogP contribution in [-0.2, 0) is 4.79 Å². The third-order valence-electron chi connectivity index (χ3n) is 3.58. The molecule has 0 fully saturated rings. The van der Waals surface area contributed by atoms with Crippen molar-refractivity contribution in [3.8, 4) is 5.75 Å². The molecular weight excluding hydrogens is 384 g/mol. The van der Waals surface area contributed by atoms with Crippen molar-refractivity contribution in [1.29, 1.82) is 0 Å². The number of nitrogens with one attached hydrogen (secondary N) is 2. The van der Waals surface area contributed by atoms with Gasteiger partial charge in [0.15, 0.2) is 6.61 Å². The number of hydrazine groups is 1. The molecule has 0 heterocycles. The number of hydrogen-bond donors (Lipinski definition) is 2. The molecule has 2 amide bonds. The lowest BCUT2D eigenvalue weighted by molar-refractivity contribution is -0.123. The smallest absolute Gasteiger partial charge is 0.276 e. The van der Waals surface area contributed by atoms with E-state index < -0.39 is 5.91 Å². The Hall–Kier alpha value is -2.34. The van der Waals surface area contributed by atoms with Gasteiger partial charge < -0.3 is 4.74 Å². The van der Waals surface area contributed by atoms with E-state index in [9.17, 15) is 9.59 Å². The average Bonchev–Trinajstić information content (AvgIpc) is 2.59. The van der Waals surface area contributed by atoms with Gasteiger partial charge in [0.1, 0.15) is 5.75 Å². The molecule has 25 heavy (non-hydrogen) atoms. The highest BCUT2D eigenvalue weighted by Crippen LogP contribution is 2.29. The van der Waals surface area contributed by atoms with Crippen molar-refractivity contribution in [2.24, 2.45) is 0 Å². The summed E-state index contributed by atoms with van der Waals surface area (Å²) in [6.45, 7) is 5.86. The van der Waals surface area contributed by atoms with Crippen LogP contribution in [0, 0.1) is 6.92 Å². The number of carbonyl (C=O) groups excluding carboxylic acids is 2. The van der Waals surface area contributed by atoms with Crippen molar-refractivity contribution < 1.29 is 14.3 Å². The van der Waals surface area contributed by atoms with Gasteiger partial charge in [-0.1, -0.05) is 47.5 Å². The number of carbonyl (C=O) groups is 2. The third kappa shape index (κ3) is 5.60. The van der Waals surface area contributed by atoms with Gasteiger partial charge in [0.2, 0.25) is 0 Å². The summed E-state index contributed by atoms with van der Waals surface area (Å²) in [4.78, 5) is 23.8. The maximum Gasteiger partial charge on any atom is 0.276 e. The summed E-state index contributed by atoms with van der Waals surface area (Å²) in [5, 5.41) is 0. The molecule has 0 aliphatic rings. The van der Waals surface area contributed by atoms with Crippen molar-refractivity contribution in [3.05, 3.63) is 63.6 Å². The van der Waals surface area contributed by atoms with Crippen LogP contribution >= 0.6 is 15.9 Å². The van der Waals surface area contributed by atoms with Crippen molar-refractivity contribution in [2.75, 3.05) is 6.61 Å². The Morgan fingerprint density at radius 3 is 2.40 bits per heavy atom. The number of benzene rings is 2. The summed E-state index contributed by atoms with van der Waals surface area (Å²) >= 11 is 3.43. The molecule has 0 saturated heterocycles. The van der Waals surface area contributed by atoms with E-state index in [1.165, 1.54) is 0 Å². The Bertz CT molecular complexity index is 758. The predicted molar refractivity (Wildman–Crippen MR) is 101 cm³/mol. The lowest BCUT2D eigenvalue weighted by atomic mass is 10.0. The summed E-state index contributed by atoms with van der Waals surface area (Å²) in [7, 11) is 0. The Kier molecular flexibility index (Phi) is 6.58. The van der Waals surface area contributed by atoms with E-state index in [1.807, 2.05) is 37.3 Å². The number of halogens is 1. The SMILES string of the molecule is Cc1ccc(C(=O)NNC(=O)COc2ccc(Br)cc2C(C)C)cc1. The summed E-state index contributed by atoms with van der Waals surface area (Å²) in [6, 6.07) is 12.7. The second kappa shape index (κ2) is 8.67. The second-order valence-corrected chi connectivity index (χ2v) is 6.91. The molecule has 0 aliphatic carbocycles. The van der Waals surface area contributed by atoms with Crippen LogP contribution in [0.25, 0.3) is 0 Å². The molecule has 0 bridgehead atoms. The zero-order chi connectivity index (χ0) is 18.4. The minimum atomic E-state index is -0.432. The summed E-state index contributed by atoms with van der Waals surface area (Å²) in [5.74, 6) is 0.105. The van der Waals surface area contributed by atoms with Crippen LogP contribution in [0.2, 0.25) is 0 Å². The molecule has 5 nitrogen and oxygen atoms in total. The average molecular weight is 405 g/mol. The minimum absolute atomic E-state index is 0.185. The third-order valence-corrected chi connectivity index (χ3v) is 4.08. The Balaban J connectivity index is 1.87. The van der Waals surface area contributed by atoms with Gasteiger partial charge in [0.25, 0.3) is 11.8 Å². The van der Waals surface area contributed by atoms with Gasteiger partial charge in [-0.15, -0.1) is 0 Å². The number of rotatable bonds is 5. The normalized spacial score (nSPS) is 10.4.